The van der Waals surface area contributed by atoms with E-state index in [4.69, 9.17) is 12.2 Å². The van der Waals surface area contributed by atoms with Gasteiger partial charge in [0, 0.05) is 7.05 Å². The van der Waals surface area contributed by atoms with E-state index in [0.29, 0.717) is 10.8 Å². The van der Waals surface area contributed by atoms with E-state index in [1.54, 1.807) is 9.36 Å². The first-order valence-electron chi connectivity index (χ1n) is 7.80. The highest BCUT2D eigenvalue weighted by Crippen LogP contribution is 2.13. The minimum atomic E-state index is -0.157. The summed E-state index contributed by atoms with van der Waals surface area (Å²) in [5.74, 6) is 0. The van der Waals surface area contributed by atoms with Crippen molar-refractivity contribution in [3.8, 4) is 5.69 Å². The molecule has 0 atom stereocenters. The number of nitrogens with zero attached hydrogens (tertiary/aromatic N) is 2. The summed E-state index contributed by atoms with van der Waals surface area (Å²) >= 11 is 5.28. The fraction of sp³-hybridized carbons (Fsp3) is 0.111. The summed E-state index contributed by atoms with van der Waals surface area (Å²) in [5.41, 5.74) is 8.62. The van der Waals surface area contributed by atoms with Crippen LogP contribution in [-0.4, -0.2) is 14.5 Å². The minimum absolute atomic E-state index is 0.157. The second-order valence-electron chi connectivity index (χ2n) is 5.51. The second-order valence-corrected chi connectivity index (χ2v) is 5.91. The Labute approximate surface area is 151 Å². The van der Waals surface area contributed by atoms with E-state index in [2.05, 4.69) is 16.2 Å². The van der Waals surface area contributed by atoms with Gasteiger partial charge in [-0.15, -0.1) is 0 Å². The highest BCUT2D eigenvalue weighted by Gasteiger charge is 2.16. The Bertz CT molecular complexity index is 931. The molecule has 0 fully saturated rings. The summed E-state index contributed by atoms with van der Waals surface area (Å²) in [4.78, 5) is 12.8. The van der Waals surface area contributed by atoms with E-state index in [9.17, 15) is 4.79 Å². The van der Waals surface area contributed by atoms with Gasteiger partial charge in [0.1, 0.15) is 5.69 Å². The molecule has 0 saturated heterocycles. The van der Waals surface area contributed by atoms with Crippen LogP contribution in [0.1, 0.15) is 5.69 Å². The van der Waals surface area contributed by atoms with Crippen LogP contribution in [0.3, 0.4) is 0 Å². The molecular formula is C18H19N5OS. The van der Waals surface area contributed by atoms with Crippen LogP contribution in [0.25, 0.3) is 5.69 Å². The lowest BCUT2D eigenvalue weighted by molar-refractivity contribution is 0.630. The normalized spacial score (nSPS) is 10.3. The zero-order valence-corrected chi connectivity index (χ0v) is 14.8. The molecule has 3 rings (SSSR count). The fourth-order valence-corrected chi connectivity index (χ4v) is 2.66. The molecule has 2 aromatic carbocycles. The van der Waals surface area contributed by atoms with Gasteiger partial charge in [0.2, 0.25) is 0 Å². The molecule has 128 valence electrons. The average molecular weight is 353 g/mol. The highest BCUT2D eigenvalue weighted by atomic mass is 32.1. The molecule has 0 radical (unpaired) electrons. The summed E-state index contributed by atoms with van der Waals surface area (Å²) in [6.07, 6.45) is 0. The van der Waals surface area contributed by atoms with Crippen LogP contribution < -0.4 is 21.7 Å². The molecule has 3 aromatic rings. The lowest BCUT2D eigenvalue weighted by Crippen LogP contribution is -2.35. The van der Waals surface area contributed by atoms with Gasteiger partial charge < -0.3 is 5.32 Å². The van der Waals surface area contributed by atoms with Crippen molar-refractivity contribution in [1.82, 2.24) is 14.8 Å². The molecule has 0 aliphatic heterocycles. The molecule has 6 nitrogen and oxygen atoms in total. The number of hydrogen-bond donors (Lipinski definition) is 3. The molecule has 0 unspecified atom stereocenters. The van der Waals surface area contributed by atoms with Crippen LogP contribution in [0.4, 0.5) is 11.4 Å². The quantitative estimate of drug-likeness (QED) is 0.497. The molecule has 25 heavy (non-hydrogen) atoms. The van der Waals surface area contributed by atoms with Gasteiger partial charge in [-0.05, 0) is 43.4 Å². The van der Waals surface area contributed by atoms with Crippen LogP contribution in [0, 0.1) is 6.92 Å². The zero-order valence-electron chi connectivity index (χ0n) is 14.0. The number of hydrazine groups is 1. The minimum Gasteiger partial charge on any atom is -0.325 e. The van der Waals surface area contributed by atoms with Crippen molar-refractivity contribution in [2.24, 2.45) is 7.05 Å². The van der Waals surface area contributed by atoms with Crippen LogP contribution in [0.2, 0.25) is 0 Å². The van der Waals surface area contributed by atoms with Crippen molar-refractivity contribution >= 4 is 28.7 Å². The van der Waals surface area contributed by atoms with Crippen LogP contribution >= 0.6 is 12.2 Å². The zero-order chi connectivity index (χ0) is 17.8. The van der Waals surface area contributed by atoms with Gasteiger partial charge in [0.25, 0.3) is 5.56 Å². The third-order valence-electron chi connectivity index (χ3n) is 3.89. The smallest absolute Gasteiger partial charge is 0.295 e. The summed E-state index contributed by atoms with van der Waals surface area (Å²) in [6, 6.07) is 19.1. The SMILES string of the molecule is Cc1c(NC(=S)NNc2ccccc2)c(=O)n(-c2ccccc2)n1C. The molecule has 0 amide bonds. The van der Waals surface area contributed by atoms with E-state index >= 15 is 0 Å². The molecule has 0 saturated carbocycles. The van der Waals surface area contributed by atoms with Gasteiger partial charge in [-0.25, -0.2) is 4.68 Å². The van der Waals surface area contributed by atoms with Crippen molar-refractivity contribution < 1.29 is 0 Å². The number of thiocarbonyl (C=S) groups is 1. The summed E-state index contributed by atoms with van der Waals surface area (Å²) in [7, 11) is 1.84. The predicted octanol–water partition coefficient (Wildman–Crippen LogP) is 2.80. The van der Waals surface area contributed by atoms with Gasteiger partial charge in [0.15, 0.2) is 5.11 Å². The first-order valence-corrected chi connectivity index (χ1v) is 8.21. The summed E-state index contributed by atoms with van der Waals surface area (Å²) < 4.78 is 3.40. The van der Waals surface area contributed by atoms with Gasteiger partial charge in [-0.2, -0.15) is 0 Å². The largest absolute Gasteiger partial charge is 0.325 e. The Hall–Kier alpha value is -3.06. The Morgan fingerprint density at radius 3 is 2.24 bits per heavy atom. The van der Waals surface area contributed by atoms with E-state index in [1.165, 1.54) is 0 Å². The van der Waals surface area contributed by atoms with Crippen LogP contribution in [0.5, 0.6) is 0 Å². The Morgan fingerprint density at radius 2 is 1.60 bits per heavy atom. The maximum absolute atomic E-state index is 12.8. The fourth-order valence-electron chi connectivity index (χ4n) is 2.51. The van der Waals surface area contributed by atoms with Gasteiger partial charge >= 0.3 is 0 Å². The first kappa shape index (κ1) is 16.8. The van der Waals surface area contributed by atoms with Gasteiger partial charge in [-0.1, -0.05) is 36.4 Å². The molecule has 7 heteroatoms. The number of anilines is 2. The molecule has 1 heterocycles. The Morgan fingerprint density at radius 1 is 1.00 bits per heavy atom. The first-order chi connectivity index (χ1) is 12.1. The predicted molar refractivity (Wildman–Crippen MR) is 105 cm³/mol. The second kappa shape index (κ2) is 7.23. The molecule has 0 bridgehead atoms. The Kier molecular flexibility index (Phi) is 4.85. The van der Waals surface area contributed by atoms with E-state index in [0.717, 1.165) is 17.1 Å². The molecular weight excluding hydrogens is 334 g/mol. The van der Waals surface area contributed by atoms with E-state index < -0.39 is 0 Å². The lowest BCUT2D eigenvalue weighted by Gasteiger charge is -2.11. The maximum atomic E-state index is 12.8. The number of nitrogens with one attached hydrogen (secondary N) is 3. The summed E-state index contributed by atoms with van der Waals surface area (Å²) in [5, 5.41) is 3.30. The number of benzene rings is 2. The molecule has 0 spiro atoms. The molecule has 3 N–H and O–H groups in total. The molecule has 0 aliphatic carbocycles. The van der Waals surface area contributed by atoms with Crippen LogP contribution in [-0.2, 0) is 7.05 Å². The molecule has 0 aliphatic rings. The maximum Gasteiger partial charge on any atom is 0.295 e. The number of rotatable bonds is 4. The topological polar surface area (TPSA) is 63.0 Å². The van der Waals surface area contributed by atoms with Crippen molar-refractivity contribution in [2.45, 2.75) is 6.92 Å². The number of aromatic nitrogens is 2. The lowest BCUT2D eigenvalue weighted by atomic mass is 10.3. The van der Waals surface area contributed by atoms with E-state index in [1.807, 2.05) is 74.6 Å². The van der Waals surface area contributed by atoms with Crippen LogP contribution in [0.15, 0.2) is 65.5 Å². The number of hydrogen-bond acceptors (Lipinski definition) is 3. The van der Waals surface area contributed by atoms with Crippen molar-refractivity contribution in [3.63, 3.8) is 0 Å². The molecule has 1 aromatic heterocycles. The van der Waals surface area contributed by atoms with Crippen molar-refractivity contribution in [2.75, 3.05) is 10.7 Å². The number of para-hydroxylation sites is 2. The van der Waals surface area contributed by atoms with Crippen molar-refractivity contribution in [3.05, 3.63) is 76.7 Å². The highest BCUT2D eigenvalue weighted by molar-refractivity contribution is 7.80. The third kappa shape index (κ3) is 3.56. The van der Waals surface area contributed by atoms with Gasteiger partial charge in [-0.3, -0.25) is 20.3 Å². The van der Waals surface area contributed by atoms with Crippen molar-refractivity contribution in [1.29, 1.82) is 0 Å². The Balaban J connectivity index is 1.79. The average Bonchev–Trinajstić information content (AvgIpc) is 2.85. The standard InChI is InChI=1S/C18H19N5OS/c1-13-16(19-18(25)21-20-14-9-5-3-6-10-14)17(24)23(22(13)2)15-11-7-4-8-12-15/h3-12,20H,1-2H3,(H2,19,21,25). The third-order valence-corrected chi connectivity index (χ3v) is 4.09. The van der Waals surface area contributed by atoms with Gasteiger partial charge in [0.05, 0.1) is 17.1 Å². The van der Waals surface area contributed by atoms with E-state index in [-0.39, 0.29) is 5.56 Å². The summed E-state index contributed by atoms with van der Waals surface area (Å²) in [6.45, 7) is 1.87. The monoisotopic (exact) mass is 353 g/mol.